The maximum Gasteiger partial charge on any atom is 0.293 e. The number of hydrogen-bond donors (Lipinski definition) is 1. The molecule has 3 nitrogen and oxygen atoms in total. The normalized spacial score (nSPS) is 19.3. The SMILES string of the molecule is CC(C)OC=O.OCC1CC(F)(F)C1. The van der Waals surface area contributed by atoms with Crippen LogP contribution in [-0.4, -0.2) is 30.2 Å². The minimum atomic E-state index is -2.46. The quantitative estimate of drug-likeness (QED) is 0.719. The van der Waals surface area contributed by atoms with E-state index in [1.165, 1.54) is 0 Å². The Morgan fingerprint density at radius 1 is 1.57 bits per heavy atom. The molecular weight excluding hydrogens is 194 g/mol. The van der Waals surface area contributed by atoms with Crippen LogP contribution >= 0.6 is 0 Å². The first kappa shape index (κ1) is 13.3. The minimum absolute atomic E-state index is 0.0301. The summed E-state index contributed by atoms with van der Waals surface area (Å²) in [4.78, 5) is 9.39. The van der Waals surface area contributed by atoms with E-state index in [0.29, 0.717) is 6.47 Å². The molecule has 0 heterocycles. The summed E-state index contributed by atoms with van der Waals surface area (Å²) in [5, 5.41) is 8.28. The molecule has 0 atom stereocenters. The van der Waals surface area contributed by atoms with Crippen molar-refractivity contribution in [3.63, 3.8) is 0 Å². The Morgan fingerprint density at radius 3 is 2.14 bits per heavy atom. The van der Waals surface area contributed by atoms with Crippen molar-refractivity contribution in [2.45, 2.75) is 38.7 Å². The summed E-state index contributed by atoms with van der Waals surface area (Å²) in [5.41, 5.74) is 0. The monoisotopic (exact) mass is 210 g/mol. The van der Waals surface area contributed by atoms with E-state index < -0.39 is 5.92 Å². The largest absolute Gasteiger partial charge is 0.465 e. The Balaban J connectivity index is 0.000000255. The van der Waals surface area contributed by atoms with Crippen molar-refractivity contribution < 1.29 is 23.4 Å². The molecule has 5 heteroatoms. The molecular formula is C9H16F2O3. The Labute approximate surface area is 82.1 Å². The lowest BCUT2D eigenvalue weighted by molar-refractivity contribution is -0.131. The zero-order valence-electron chi connectivity index (χ0n) is 8.37. The summed E-state index contributed by atoms with van der Waals surface area (Å²) < 4.78 is 28.1. The molecule has 1 rings (SSSR count). The smallest absolute Gasteiger partial charge is 0.293 e. The molecule has 1 saturated carbocycles. The third-order valence-corrected chi connectivity index (χ3v) is 1.76. The second-order valence-electron chi connectivity index (χ2n) is 3.59. The lowest BCUT2D eigenvalue weighted by Gasteiger charge is -2.33. The molecule has 0 saturated heterocycles. The lowest BCUT2D eigenvalue weighted by atomic mass is 9.82. The first-order chi connectivity index (χ1) is 6.41. The highest BCUT2D eigenvalue weighted by atomic mass is 19.3. The Morgan fingerprint density at radius 2 is 2.07 bits per heavy atom. The van der Waals surface area contributed by atoms with Gasteiger partial charge >= 0.3 is 0 Å². The number of halogens is 2. The summed E-state index contributed by atoms with van der Waals surface area (Å²) in [6.07, 6.45) is -0.213. The van der Waals surface area contributed by atoms with Crippen molar-refractivity contribution in [1.82, 2.24) is 0 Å². The molecule has 0 radical (unpaired) electrons. The molecule has 14 heavy (non-hydrogen) atoms. The molecule has 0 unspecified atom stereocenters. The van der Waals surface area contributed by atoms with Crippen molar-refractivity contribution in [2.75, 3.05) is 6.61 Å². The number of rotatable bonds is 3. The fourth-order valence-corrected chi connectivity index (χ4v) is 1.03. The van der Waals surface area contributed by atoms with Crippen LogP contribution in [0.25, 0.3) is 0 Å². The summed E-state index contributed by atoms with van der Waals surface area (Å²) >= 11 is 0. The molecule has 1 N–H and O–H groups in total. The molecule has 0 aromatic rings. The van der Waals surface area contributed by atoms with Gasteiger partial charge in [0.15, 0.2) is 0 Å². The van der Waals surface area contributed by atoms with Gasteiger partial charge in [-0.05, 0) is 19.8 Å². The number of alkyl halides is 2. The Bertz CT molecular complexity index is 163. The van der Waals surface area contributed by atoms with E-state index >= 15 is 0 Å². The number of aliphatic hydroxyl groups excluding tert-OH is 1. The van der Waals surface area contributed by atoms with E-state index in [2.05, 4.69) is 4.74 Å². The van der Waals surface area contributed by atoms with Crippen LogP contribution in [0.5, 0.6) is 0 Å². The highest BCUT2D eigenvalue weighted by Crippen LogP contribution is 2.41. The predicted octanol–water partition coefficient (Wildman–Crippen LogP) is 1.59. The minimum Gasteiger partial charge on any atom is -0.465 e. The van der Waals surface area contributed by atoms with Gasteiger partial charge in [0.25, 0.3) is 6.47 Å². The average Bonchev–Trinajstić information content (AvgIpc) is 2.00. The van der Waals surface area contributed by atoms with Gasteiger partial charge in [0.2, 0.25) is 5.92 Å². The zero-order chi connectivity index (χ0) is 11.2. The number of carbonyl (C=O) groups excluding carboxylic acids is 1. The van der Waals surface area contributed by atoms with Crippen molar-refractivity contribution in [3.8, 4) is 0 Å². The van der Waals surface area contributed by atoms with E-state index in [9.17, 15) is 13.6 Å². The molecule has 0 bridgehead atoms. The molecule has 0 spiro atoms. The fourth-order valence-electron chi connectivity index (χ4n) is 1.03. The number of carbonyl (C=O) groups is 1. The van der Waals surface area contributed by atoms with Crippen LogP contribution in [0.1, 0.15) is 26.7 Å². The second-order valence-corrected chi connectivity index (χ2v) is 3.59. The summed E-state index contributed by atoms with van der Waals surface area (Å²) in [7, 11) is 0. The van der Waals surface area contributed by atoms with Gasteiger partial charge in [-0.15, -0.1) is 0 Å². The lowest BCUT2D eigenvalue weighted by Crippen LogP contribution is -2.37. The van der Waals surface area contributed by atoms with Gasteiger partial charge in [0, 0.05) is 19.4 Å². The standard InChI is InChI=1S/C5H8F2O.C4H8O2/c6-5(7)1-4(2-5)3-8;1-4(2)6-3-5/h4,8H,1-3H2;3-4H,1-2H3. The van der Waals surface area contributed by atoms with Crippen molar-refractivity contribution in [2.24, 2.45) is 5.92 Å². The van der Waals surface area contributed by atoms with Gasteiger partial charge in [-0.2, -0.15) is 0 Å². The zero-order valence-corrected chi connectivity index (χ0v) is 8.37. The summed E-state index contributed by atoms with van der Waals surface area (Å²) in [6.45, 7) is 3.96. The molecule has 0 aliphatic heterocycles. The summed E-state index contributed by atoms with van der Waals surface area (Å²) in [6, 6.07) is 0. The van der Waals surface area contributed by atoms with E-state index in [1.54, 1.807) is 13.8 Å². The van der Waals surface area contributed by atoms with E-state index in [0.717, 1.165) is 0 Å². The maximum absolute atomic E-state index is 11.9. The molecule has 0 aromatic carbocycles. The van der Waals surface area contributed by atoms with Crippen LogP contribution in [0, 0.1) is 5.92 Å². The van der Waals surface area contributed by atoms with Gasteiger partial charge in [-0.3, -0.25) is 4.79 Å². The number of ether oxygens (including phenoxy) is 1. The van der Waals surface area contributed by atoms with Gasteiger partial charge < -0.3 is 9.84 Å². The average molecular weight is 210 g/mol. The fraction of sp³-hybridized carbons (Fsp3) is 0.889. The number of hydrogen-bond acceptors (Lipinski definition) is 3. The highest BCUT2D eigenvalue weighted by Gasteiger charge is 2.44. The molecule has 0 amide bonds. The third-order valence-electron chi connectivity index (χ3n) is 1.76. The molecule has 84 valence electrons. The van der Waals surface area contributed by atoms with Crippen LogP contribution in [0.15, 0.2) is 0 Å². The van der Waals surface area contributed by atoms with Crippen LogP contribution in [0.2, 0.25) is 0 Å². The van der Waals surface area contributed by atoms with Crippen molar-refractivity contribution in [1.29, 1.82) is 0 Å². The third kappa shape index (κ3) is 5.85. The predicted molar refractivity (Wildman–Crippen MR) is 47.0 cm³/mol. The van der Waals surface area contributed by atoms with Gasteiger partial charge in [-0.1, -0.05) is 0 Å². The highest BCUT2D eigenvalue weighted by molar-refractivity contribution is 5.37. The Hall–Kier alpha value is -0.710. The molecule has 1 aliphatic rings. The topological polar surface area (TPSA) is 46.5 Å². The van der Waals surface area contributed by atoms with Crippen LogP contribution in [0.3, 0.4) is 0 Å². The van der Waals surface area contributed by atoms with Gasteiger partial charge in [0.05, 0.1) is 6.10 Å². The van der Waals surface area contributed by atoms with Gasteiger partial charge in [-0.25, -0.2) is 8.78 Å². The first-order valence-corrected chi connectivity index (χ1v) is 4.49. The Kier molecular flexibility index (Phi) is 5.60. The van der Waals surface area contributed by atoms with Crippen LogP contribution in [0.4, 0.5) is 8.78 Å². The van der Waals surface area contributed by atoms with Gasteiger partial charge in [0.1, 0.15) is 0 Å². The summed E-state index contributed by atoms with van der Waals surface area (Å²) in [5.74, 6) is -2.60. The van der Waals surface area contributed by atoms with Crippen LogP contribution in [-0.2, 0) is 9.53 Å². The first-order valence-electron chi connectivity index (χ1n) is 4.49. The van der Waals surface area contributed by atoms with E-state index in [4.69, 9.17) is 5.11 Å². The number of aliphatic hydroxyl groups is 1. The molecule has 1 aliphatic carbocycles. The van der Waals surface area contributed by atoms with Crippen molar-refractivity contribution in [3.05, 3.63) is 0 Å². The van der Waals surface area contributed by atoms with E-state index in [-0.39, 0.29) is 31.5 Å². The van der Waals surface area contributed by atoms with E-state index in [1.807, 2.05) is 0 Å². The second kappa shape index (κ2) is 5.90. The van der Waals surface area contributed by atoms with Crippen LogP contribution < -0.4 is 0 Å². The maximum atomic E-state index is 11.9. The van der Waals surface area contributed by atoms with Crippen molar-refractivity contribution >= 4 is 6.47 Å². The molecule has 0 aromatic heterocycles. The molecule has 1 fully saturated rings.